The van der Waals surface area contributed by atoms with Crippen LogP contribution in [-0.2, 0) is 12.8 Å². The summed E-state index contributed by atoms with van der Waals surface area (Å²) in [4.78, 5) is 8.07. The van der Waals surface area contributed by atoms with Crippen molar-refractivity contribution in [1.82, 2.24) is 0 Å². The summed E-state index contributed by atoms with van der Waals surface area (Å²) in [6.45, 7) is 8.55. The van der Waals surface area contributed by atoms with Crippen molar-refractivity contribution >= 4 is 17.6 Å². The summed E-state index contributed by atoms with van der Waals surface area (Å²) in [6, 6.07) is 2.56. The van der Waals surface area contributed by atoms with E-state index in [0.29, 0.717) is 0 Å². The quantitative estimate of drug-likeness (QED) is 0.790. The van der Waals surface area contributed by atoms with Crippen molar-refractivity contribution in [3.8, 4) is 6.07 Å². The number of aromatic nitrogens is 1. The molecule has 1 aromatic rings. The van der Waals surface area contributed by atoms with E-state index in [-0.39, 0.29) is 0 Å². The first-order valence-electron chi connectivity index (χ1n) is 11.0. The maximum absolute atomic E-state index is 9.92. The van der Waals surface area contributed by atoms with Crippen molar-refractivity contribution < 1.29 is 9.88 Å². The Labute approximate surface area is 168 Å². The highest BCUT2D eigenvalue weighted by molar-refractivity contribution is 7.99. The van der Waals surface area contributed by atoms with Gasteiger partial charge in [-0.25, -0.2) is 4.98 Å². The molecule has 1 aliphatic carbocycles. The monoisotopic (exact) mass is 386 g/mol. The molecule has 0 saturated carbocycles. The van der Waals surface area contributed by atoms with Gasteiger partial charge in [-0.1, -0.05) is 18.7 Å². The van der Waals surface area contributed by atoms with Crippen LogP contribution in [0.5, 0.6) is 0 Å². The van der Waals surface area contributed by atoms with Crippen LogP contribution in [0.4, 0.5) is 5.82 Å². The summed E-state index contributed by atoms with van der Waals surface area (Å²) in [5.41, 5.74) is 3.74. The number of hydrogen-bond acceptors (Lipinski definition) is 3. The standard InChI is InChI=1S/C22H32N4S/c1-17-8-12-26(13-9-17)21-19-7-3-2-6-18(19)20(16-23)22(24-21)27-15-14-25-10-4-5-11-25/h17H,2-15H2,1H3/p+2. The number of fused-ring (bicyclic) bond motifs is 1. The van der Waals surface area contributed by atoms with E-state index in [1.54, 1.807) is 4.90 Å². The van der Waals surface area contributed by atoms with Crippen LogP contribution in [0.15, 0.2) is 5.03 Å². The number of H-pyrrole nitrogens is 1. The molecular formula is C22H34N4S+2. The van der Waals surface area contributed by atoms with Gasteiger partial charge in [-0.15, -0.1) is 0 Å². The smallest absolute Gasteiger partial charge is 0.278 e. The van der Waals surface area contributed by atoms with Crippen LogP contribution in [0.2, 0.25) is 0 Å². The second-order valence-electron chi connectivity index (χ2n) is 8.68. The average molecular weight is 387 g/mol. The van der Waals surface area contributed by atoms with Crippen molar-refractivity contribution in [1.29, 1.82) is 5.26 Å². The van der Waals surface area contributed by atoms with E-state index in [9.17, 15) is 5.26 Å². The summed E-state index contributed by atoms with van der Waals surface area (Å²) in [5, 5.41) is 11.0. The molecule has 3 aliphatic rings. The minimum Gasteiger partial charge on any atom is -0.334 e. The summed E-state index contributed by atoms with van der Waals surface area (Å²) < 4.78 is 0. The number of nitriles is 1. The van der Waals surface area contributed by atoms with Gasteiger partial charge < -0.3 is 4.90 Å². The topological polar surface area (TPSA) is 45.6 Å². The molecule has 0 unspecified atom stereocenters. The summed E-state index contributed by atoms with van der Waals surface area (Å²) in [6.07, 6.45) is 10.0. The van der Waals surface area contributed by atoms with Gasteiger partial charge in [0.15, 0.2) is 5.03 Å². The molecule has 2 fully saturated rings. The number of likely N-dealkylation sites (tertiary alicyclic amines) is 1. The zero-order valence-electron chi connectivity index (χ0n) is 16.8. The number of anilines is 1. The van der Waals surface area contributed by atoms with Crippen LogP contribution >= 0.6 is 11.8 Å². The van der Waals surface area contributed by atoms with Crippen LogP contribution in [0.3, 0.4) is 0 Å². The molecule has 2 saturated heterocycles. The van der Waals surface area contributed by atoms with E-state index in [1.165, 1.54) is 75.1 Å². The summed E-state index contributed by atoms with van der Waals surface area (Å²) in [5.74, 6) is 3.29. The second-order valence-corrected chi connectivity index (χ2v) is 9.78. The lowest BCUT2D eigenvalue weighted by molar-refractivity contribution is -0.884. The number of pyridine rings is 1. The highest BCUT2D eigenvalue weighted by Gasteiger charge is 2.31. The molecule has 1 aromatic heterocycles. The molecule has 27 heavy (non-hydrogen) atoms. The zero-order chi connectivity index (χ0) is 18.6. The molecule has 146 valence electrons. The fourth-order valence-electron chi connectivity index (χ4n) is 4.98. The SMILES string of the molecule is CC1CCN(c2[nH+]c(SCC[NH+]3CCCC3)c(C#N)c3c2CCCC3)CC1. The van der Waals surface area contributed by atoms with Crippen LogP contribution in [-0.4, -0.2) is 38.5 Å². The van der Waals surface area contributed by atoms with Crippen molar-refractivity contribution in [2.45, 2.75) is 63.3 Å². The number of rotatable bonds is 5. The largest absolute Gasteiger partial charge is 0.334 e. The van der Waals surface area contributed by atoms with Gasteiger partial charge in [-0.05, 0) is 50.0 Å². The van der Waals surface area contributed by atoms with E-state index in [1.807, 2.05) is 11.8 Å². The van der Waals surface area contributed by atoms with Gasteiger partial charge in [0.1, 0.15) is 11.6 Å². The molecule has 0 radical (unpaired) electrons. The molecule has 0 bridgehead atoms. The molecule has 3 heterocycles. The molecule has 2 N–H and O–H groups in total. The van der Waals surface area contributed by atoms with Crippen molar-refractivity contribution in [2.75, 3.05) is 43.4 Å². The van der Waals surface area contributed by atoms with Gasteiger partial charge in [-0.2, -0.15) is 5.26 Å². The average Bonchev–Trinajstić information content (AvgIpc) is 3.21. The fourth-order valence-corrected chi connectivity index (χ4v) is 6.05. The van der Waals surface area contributed by atoms with E-state index in [0.717, 1.165) is 48.2 Å². The zero-order valence-corrected chi connectivity index (χ0v) is 17.6. The third-order valence-corrected chi connectivity index (χ3v) is 7.74. The molecule has 0 spiro atoms. The number of quaternary nitrogens is 1. The second kappa shape index (κ2) is 8.84. The Hall–Kier alpha value is -1.25. The minimum atomic E-state index is 0.840. The Balaban J connectivity index is 1.59. The van der Waals surface area contributed by atoms with Crippen molar-refractivity contribution in [3.63, 3.8) is 0 Å². The minimum absolute atomic E-state index is 0.840. The predicted octanol–water partition coefficient (Wildman–Crippen LogP) is 2.26. The normalized spacial score (nSPS) is 21.3. The van der Waals surface area contributed by atoms with Crippen LogP contribution < -0.4 is 14.8 Å². The van der Waals surface area contributed by atoms with Crippen LogP contribution in [0.25, 0.3) is 0 Å². The van der Waals surface area contributed by atoms with Crippen LogP contribution in [0, 0.1) is 17.2 Å². The highest BCUT2D eigenvalue weighted by atomic mass is 32.2. The van der Waals surface area contributed by atoms with E-state index >= 15 is 0 Å². The number of nitrogens with one attached hydrogen (secondary N) is 2. The molecule has 4 rings (SSSR count). The lowest BCUT2D eigenvalue weighted by Gasteiger charge is -2.29. The Morgan fingerprint density at radius 2 is 1.81 bits per heavy atom. The first-order valence-corrected chi connectivity index (χ1v) is 12.0. The number of piperidine rings is 1. The third-order valence-electron chi connectivity index (χ3n) is 6.74. The number of hydrogen-bond donors (Lipinski definition) is 1. The van der Waals surface area contributed by atoms with Gasteiger partial charge in [0, 0.05) is 18.4 Å². The van der Waals surface area contributed by atoms with Gasteiger partial charge in [0.2, 0.25) is 0 Å². The first kappa shape index (κ1) is 19.1. The Morgan fingerprint density at radius 3 is 2.52 bits per heavy atom. The Morgan fingerprint density at radius 1 is 1.11 bits per heavy atom. The molecule has 0 atom stereocenters. The van der Waals surface area contributed by atoms with Gasteiger partial charge in [0.25, 0.3) is 5.82 Å². The van der Waals surface area contributed by atoms with E-state index in [4.69, 9.17) is 0 Å². The molecule has 2 aliphatic heterocycles. The van der Waals surface area contributed by atoms with E-state index in [2.05, 4.69) is 22.9 Å². The molecule has 4 nitrogen and oxygen atoms in total. The van der Waals surface area contributed by atoms with Gasteiger partial charge >= 0.3 is 0 Å². The Kier molecular flexibility index (Phi) is 6.24. The van der Waals surface area contributed by atoms with Gasteiger partial charge in [0.05, 0.1) is 38.5 Å². The van der Waals surface area contributed by atoms with Gasteiger partial charge in [-0.3, -0.25) is 4.90 Å². The molecule has 5 heteroatoms. The lowest BCUT2D eigenvalue weighted by Crippen LogP contribution is -3.10. The van der Waals surface area contributed by atoms with Crippen LogP contribution in [0.1, 0.15) is 62.1 Å². The maximum atomic E-state index is 9.92. The molecular weight excluding hydrogens is 352 g/mol. The summed E-state index contributed by atoms with van der Waals surface area (Å²) >= 11 is 1.88. The predicted molar refractivity (Wildman–Crippen MR) is 110 cm³/mol. The fraction of sp³-hybridized carbons (Fsp3) is 0.727. The third kappa shape index (κ3) is 4.27. The highest BCUT2D eigenvalue weighted by Crippen LogP contribution is 2.34. The van der Waals surface area contributed by atoms with Crippen molar-refractivity contribution in [2.24, 2.45) is 5.92 Å². The lowest BCUT2D eigenvalue weighted by atomic mass is 9.88. The first-order chi connectivity index (χ1) is 13.3. The number of nitrogens with zero attached hydrogens (tertiary/aromatic N) is 2. The Bertz CT molecular complexity index is 697. The molecule has 0 amide bonds. The summed E-state index contributed by atoms with van der Waals surface area (Å²) in [7, 11) is 0. The number of thioether (sulfide) groups is 1. The maximum Gasteiger partial charge on any atom is 0.278 e. The number of aromatic amines is 1. The van der Waals surface area contributed by atoms with E-state index < -0.39 is 0 Å². The van der Waals surface area contributed by atoms with Crippen molar-refractivity contribution in [3.05, 3.63) is 16.7 Å². The molecule has 0 aromatic carbocycles.